The van der Waals surface area contributed by atoms with Gasteiger partial charge in [0, 0.05) is 38.6 Å². The summed E-state index contributed by atoms with van der Waals surface area (Å²) >= 11 is 0. The molecule has 0 saturated carbocycles. The van der Waals surface area contributed by atoms with Crippen LogP contribution >= 0.6 is 0 Å². The van der Waals surface area contributed by atoms with Crippen LogP contribution in [0, 0.1) is 5.92 Å². The van der Waals surface area contributed by atoms with Gasteiger partial charge in [0.05, 0.1) is 6.42 Å². The van der Waals surface area contributed by atoms with Gasteiger partial charge in [0.25, 0.3) is 0 Å². The zero-order valence-electron chi connectivity index (χ0n) is 11.0. The lowest BCUT2D eigenvalue weighted by Gasteiger charge is -2.35. The van der Waals surface area contributed by atoms with Gasteiger partial charge in [0.2, 0.25) is 5.91 Å². The summed E-state index contributed by atoms with van der Waals surface area (Å²) in [6.07, 6.45) is 0.885. The quantitative estimate of drug-likeness (QED) is 0.675. The molecular formula is C12H23N3O3. The van der Waals surface area contributed by atoms with Crippen molar-refractivity contribution in [1.82, 2.24) is 9.80 Å². The molecule has 0 aromatic carbocycles. The number of hydrogen-bond donors (Lipinski definition) is 2. The standard InChI is InChI=1S/C12H23N3O3/c1-10(2-4-13)12(18)15-8-6-14(7-9-15)5-3-11(16)17/h10H,2-9,13H2,1H3,(H,16,17). The second-order valence-electron chi connectivity index (χ2n) is 4.79. The Morgan fingerprint density at radius 2 is 1.89 bits per heavy atom. The predicted octanol–water partition coefficient (Wildman–Crippen LogP) is -0.410. The molecule has 1 rings (SSSR count). The Morgan fingerprint density at radius 3 is 2.39 bits per heavy atom. The van der Waals surface area contributed by atoms with Crippen molar-refractivity contribution < 1.29 is 14.7 Å². The van der Waals surface area contributed by atoms with Crippen LogP contribution in [0.25, 0.3) is 0 Å². The molecule has 3 N–H and O–H groups in total. The maximum absolute atomic E-state index is 12.0. The second-order valence-corrected chi connectivity index (χ2v) is 4.79. The van der Waals surface area contributed by atoms with Crippen LogP contribution in [-0.4, -0.2) is 66.1 Å². The van der Waals surface area contributed by atoms with Gasteiger partial charge >= 0.3 is 5.97 Å². The summed E-state index contributed by atoms with van der Waals surface area (Å²) in [7, 11) is 0. The van der Waals surface area contributed by atoms with Crippen molar-refractivity contribution in [3.8, 4) is 0 Å². The summed E-state index contributed by atoms with van der Waals surface area (Å²) in [6, 6.07) is 0. The summed E-state index contributed by atoms with van der Waals surface area (Å²) in [5, 5.41) is 8.61. The molecule has 1 aliphatic heterocycles. The number of amides is 1. The first-order valence-electron chi connectivity index (χ1n) is 6.47. The number of aliphatic carboxylic acids is 1. The molecule has 6 nitrogen and oxygen atoms in total. The highest BCUT2D eigenvalue weighted by Gasteiger charge is 2.24. The van der Waals surface area contributed by atoms with Crippen molar-refractivity contribution in [1.29, 1.82) is 0 Å². The second kappa shape index (κ2) is 7.33. The van der Waals surface area contributed by atoms with Gasteiger partial charge in [-0.15, -0.1) is 0 Å². The van der Waals surface area contributed by atoms with E-state index in [9.17, 15) is 9.59 Å². The molecule has 0 spiro atoms. The number of carboxylic acid groups (broad SMARTS) is 1. The van der Waals surface area contributed by atoms with Crippen LogP contribution in [0.3, 0.4) is 0 Å². The van der Waals surface area contributed by atoms with Gasteiger partial charge in [-0.25, -0.2) is 0 Å². The van der Waals surface area contributed by atoms with Crippen molar-refractivity contribution in [3.63, 3.8) is 0 Å². The zero-order valence-corrected chi connectivity index (χ0v) is 11.0. The number of nitrogens with two attached hydrogens (primary N) is 1. The summed E-state index contributed by atoms with van der Waals surface area (Å²) in [6.45, 7) is 5.90. The van der Waals surface area contributed by atoms with Gasteiger partial charge in [0.1, 0.15) is 0 Å². The summed E-state index contributed by atoms with van der Waals surface area (Å²) in [5.41, 5.74) is 5.45. The average Bonchev–Trinajstić information content (AvgIpc) is 2.36. The van der Waals surface area contributed by atoms with E-state index in [1.807, 2.05) is 11.8 Å². The number of carbonyl (C=O) groups is 2. The molecule has 0 aromatic heterocycles. The molecule has 0 bridgehead atoms. The van der Waals surface area contributed by atoms with Crippen molar-refractivity contribution in [2.75, 3.05) is 39.3 Å². The molecule has 0 aromatic rings. The zero-order chi connectivity index (χ0) is 13.5. The molecule has 104 valence electrons. The molecule has 1 aliphatic rings. The SMILES string of the molecule is CC(CCN)C(=O)N1CCN(CCC(=O)O)CC1. The minimum Gasteiger partial charge on any atom is -0.481 e. The number of hydrogen-bond acceptors (Lipinski definition) is 4. The summed E-state index contributed by atoms with van der Waals surface area (Å²) < 4.78 is 0. The van der Waals surface area contributed by atoms with Gasteiger partial charge in [0.15, 0.2) is 0 Å². The van der Waals surface area contributed by atoms with Crippen molar-refractivity contribution in [2.24, 2.45) is 11.7 Å². The Hall–Kier alpha value is -1.14. The van der Waals surface area contributed by atoms with Gasteiger partial charge < -0.3 is 15.7 Å². The lowest BCUT2D eigenvalue weighted by molar-refractivity contribution is -0.139. The van der Waals surface area contributed by atoms with E-state index >= 15 is 0 Å². The highest BCUT2D eigenvalue weighted by Crippen LogP contribution is 2.10. The maximum Gasteiger partial charge on any atom is 0.304 e. The van der Waals surface area contributed by atoms with Crippen molar-refractivity contribution in [3.05, 3.63) is 0 Å². The van der Waals surface area contributed by atoms with Crippen molar-refractivity contribution in [2.45, 2.75) is 19.8 Å². The van der Waals surface area contributed by atoms with E-state index in [2.05, 4.69) is 4.90 Å². The van der Waals surface area contributed by atoms with E-state index in [1.54, 1.807) is 0 Å². The van der Waals surface area contributed by atoms with Crippen LogP contribution in [0.15, 0.2) is 0 Å². The van der Waals surface area contributed by atoms with Crippen LogP contribution in [0.5, 0.6) is 0 Å². The summed E-state index contributed by atoms with van der Waals surface area (Å²) in [4.78, 5) is 26.4. The third-order valence-electron chi connectivity index (χ3n) is 3.35. The number of nitrogens with zero attached hydrogens (tertiary/aromatic N) is 2. The molecule has 1 atom stereocenters. The first-order chi connectivity index (χ1) is 8.54. The van der Waals surface area contributed by atoms with Crippen LogP contribution in [0.1, 0.15) is 19.8 Å². The van der Waals surface area contributed by atoms with Crippen LogP contribution in [0.4, 0.5) is 0 Å². The fourth-order valence-corrected chi connectivity index (χ4v) is 2.13. The molecule has 0 radical (unpaired) electrons. The van der Waals surface area contributed by atoms with Gasteiger partial charge in [-0.1, -0.05) is 6.92 Å². The highest BCUT2D eigenvalue weighted by atomic mass is 16.4. The lowest BCUT2D eigenvalue weighted by Crippen LogP contribution is -2.50. The van der Waals surface area contributed by atoms with Crippen LogP contribution < -0.4 is 5.73 Å². The Kier molecular flexibility index (Phi) is 6.07. The third-order valence-corrected chi connectivity index (χ3v) is 3.35. The van der Waals surface area contributed by atoms with Gasteiger partial charge in [-0.05, 0) is 13.0 Å². The number of carboxylic acids is 1. The van der Waals surface area contributed by atoms with Crippen molar-refractivity contribution >= 4 is 11.9 Å². The predicted molar refractivity (Wildman–Crippen MR) is 68.1 cm³/mol. The average molecular weight is 257 g/mol. The smallest absolute Gasteiger partial charge is 0.304 e. The fraction of sp³-hybridized carbons (Fsp3) is 0.833. The van der Waals surface area contributed by atoms with Crippen LogP contribution in [-0.2, 0) is 9.59 Å². The Bertz CT molecular complexity index is 288. The Morgan fingerprint density at radius 1 is 1.28 bits per heavy atom. The van der Waals surface area contributed by atoms with Gasteiger partial charge in [-0.3, -0.25) is 14.5 Å². The van der Waals surface area contributed by atoms with E-state index in [-0.39, 0.29) is 18.2 Å². The molecule has 1 heterocycles. The Balaban J connectivity index is 2.30. The summed E-state index contributed by atoms with van der Waals surface area (Å²) in [5.74, 6) is -0.621. The minimum absolute atomic E-state index is 0.0134. The first kappa shape index (κ1) is 14.9. The molecule has 1 unspecified atom stereocenters. The van der Waals surface area contributed by atoms with E-state index in [0.717, 1.165) is 19.5 Å². The van der Waals surface area contributed by atoms with Gasteiger partial charge in [-0.2, -0.15) is 0 Å². The molecule has 1 amide bonds. The highest BCUT2D eigenvalue weighted by molar-refractivity contribution is 5.78. The maximum atomic E-state index is 12.0. The number of piperazine rings is 1. The molecule has 1 fully saturated rings. The topological polar surface area (TPSA) is 86.9 Å². The number of rotatable bonds is 6. The molecule has 18 heavy (non-hydrogen) atoms. The fourth-order valence-electron chi connectivity index (χ4n) is 2.13. The molecular weight excluding hydrogens is 234 g/mol. The largest absolute Gasteiger partial charge is 0.481 e. The number of carbonyl (C=O) groups excluding carboxylic acids is 1. The third kappa shape index (κ3) is 4.62. The lowest BCUT2D eigenvalue weighted by atomic mass is 10.1. The first-order valence-corrected chi connectivity index (χ1v) is 6.47. The molecule has 6 heteroatoms. The normalized spacial score (nSPS) is 18.7. The van der Waals surface area contributed by atoms with E-state index in [1.165, 1.54) is 0 Å². The molecule has 0 aliphatic carbocycles. The molecule has 1 saturated heterocycles. The van der Waals surface area contributed by atoms with E-state index in [0.29, 0.717) is 26.2 Å². The van der Waals surface area contributed by atoms with Crippen LogP contribution in [0.2, 0.25) is 0 Å². The van der Waals surface area contributed by atoms with E-state index < -0.39 is 5.97 Å². The Labute approximate surface area is 108 Å². The van der Waals surface area contributed by atoms with E-state index in [4.69, 9.17) is 10.8 Å². The monoisotopic (exact) mass is 257 g/mol. The minimum atomic E-state index is -0.773.